The molecule has 5 aliphatic rings. The van der Waals surface area contributed by atoms with Crippen molar-refractivity contribution < 1.29 is 23.9 Å². The van der Waals surface area contributed by atoms with Crippen LogP contribution in [-0.2, 0) is 30.5 Å². The summed E-state index contributed by atoms with van der Waals surface area (Å²) in [7, 11) is 0. The molecule has 47 heavy (non-hydrogen) atoms. The summed E-state index contributed by atoms with van der Waals surface area (Å²) in [4.78, 5) is 38.5. The van der Waals surface area contributed by atoms with Gasteiger partial charge < -0.3 is 9.47 Å². The Hall–Kier alpha value is -2.43. The van der Waals surface area contributed by atoms with E-state index in [9.17, 15) is 14.4 Å². The predicted molar refractivity (Wildman–Crippen MR) is 185 cm³/mol. The number of carbonyl (C=O) groups excluding carboxylic acids is 3. The summed E-state index contributed by atoms with van der Waals surface area (Å²) in [5.41, 5.74) is 3.10. The lowest BCUT2D eigenvalue weighted by Gasteiger charge is -2.70. The molecule has 0 N–H and O–H groups in total. The first-order valence-electron chi connectivity index (χ1n) is 18.7. The van der Waals surface area contributed by atoms with Gasteiger partial charge in [0, 0.05) is 30.1 Å². The fraction of sp³-hybridized carbons (Fsp3) is 0.738. The average molecular weight is 645 g/mol. The second-order valence-corrected chi connectivity index (χ2v) is 18.4. The summed E-state index contributed by atoms with van der Waals surface area (Å²) < 4.78 is 11.5. The highest BCUT2D eigenvalue weighted by Gasteiger charge is 2.68. The minimum Gasteiger partial charge on any atom is -0.465 e. The third-order valence-corrected chi connectivity index (χ3v) is 15.1. The van der Waals surface area contributed by atoms with Crippen molar-refractivity contribution in [2.75, 3.05) is 6.61 Å². The third kappa shape index (κ3) is 5.84. The zero-order valence-electron chi connectivity index (χ0n) is 30.3. The first kappa shape index (κ1) is 34.4. The van der Waals surface area contributed by atoms with E-state index in [4.69, 9.17) is 9.47 Å². The molecule has 5 aliphatic carbocycles. The van der Waals surface area contributed by atoms with E-state index in [-0.39, 0.29) is 63.9 Å². The highest BCUT2D eigenvalue weighted by atomic mass is 16.5. The summed E-state index contributed by atoms with van der Waals surface area (Å²) in [6.07, 6.45) is 14.4. The van der Waals surface area contributed by atoms with Crippen LogP contribution in [0.15, 0.2) is 42.0 Å². The molecule has 0 heterocycles. The van der Waals surface area contributed by atoms with Gasteiger partial charge in [-0.05, 0) is 109 Å². The fourth-order valence-electron chi connectivity index (χ4n) is 11.9. The summed E-state index contributed by atoms with van der Waals surface area (Å²) in [6, 6.07) is 9.67. The van der Waals surface area contributed by atoms with E-state index in [1.165, 1.54) is 6.42 Å². The fourth-order valence-corrected chi connectivity index (χ4v) is 11.9. The largest absolute Gasteiger partial charge is 0.465 e. The van der Waals surface area contributed by atoms with Crippen LogP contribution in [0.5, 0.6) is 0 Å². The van der Waals surface area contributed by atoms with E-state index in [1.807, 2.05) is 30.3 Å². The van der Waals surface area contributed by atoms with Gasteiger partial charge in [-0.1, -0.05) is 90.4 Å². The van der Waals surface area contributed by atoms with E-state index in [0.717, 1.165) is 63.4 Å². The molecule has 5 heteroatoms. The first-order valence-corrected chi connectivity index (χ1v) is 18.7. The highest BCUT2D eigenvalue weighted by Crippen LogP contribution is 2.75. The molecule has 0 amide bonds. The Morgan fingerprint density at radius 1 is 0.809 bits per heavy atom. The van der Waals surface area contributed by atoms with Gasteiger partial charge in [-0.15, -0.1) is 0 Å². The van der Waals surface area contributed by atoms with Gasteiger partial charge in [0.25, 0.3) is 0 Å². The summed E-state index contributed by atoms with van der Waals surface area (Å²) in [5, 5.41) is 0. The zero-order valence-corrected chi connectivity index (χ0v) is 30.3. The van der Waals surface area contributed by atoms with Crippen molar-refractivity contribution in [1.82, 2.24) is 0 Å². The number of ketones is 1. The molecule has 1 aromatic carbocycles. The second-order valence-electron chi connectivity index (χ2n) is 18.4. The molecule has 0 spiro atoms. The van der Waals surface area contributed by atoms with E-state index >= 15 is 0 Å². The van der Waals surface area contributed by atoms with Gasteiger partial charge in [0.2, 0.25) is 0 Å². The van der Waals surface area contributed by atoms with Crippen molar-refractivity contribution in [3.63, 3.8) is 0 Å². The van der Waals surface area contributed by atoms with Crippen LogP contribution < -0.4 is 0 Å². The number of hydrogen-bond donors (Lipinski definition) is 0. The van der Waals surface area contributed by atoms with E-state index in [1.54, 1.807) is 5.57 Å². The van der Waals surface area contributed by atoms with Gasteiger partial charge in [-0.3, -0.25) is 14.4 Å². The number of carbonyl (C=O) groups is 3. The Bertz CT molecular complexity index is 1410. The lowest BCUT2D eigenvalue weighted by molar-refractivity contribution is -0.188. The molecule has 1 aromatic rings. The molecular formula is C42H60O5. The van der Waals surface area contributed by atoms with E-state index in [2.05, 4.69) is 54.5 Å². The topological polar surface area (TPSA) is 69.7 Å². The van der Waals surface area contributed by atoms with Crippen LogP contribution in [0.3, 0.4) is 0 Å². The van der Waals surface area contributed by atoms with Gasteiger partial charge in [0.1, 0.15) is 12.4 Å². The van der Waals surface area contributed by atoms with Gasteiger partial charge in [0.05, 0.1) is 6.61 Å². The molecule has 0 aromatic heterocycles. The third-order valence-electron chi connectivity index (χ3n) is 15.1. The van der Waals surface area contributed by atoms with Crippen molar-refractivity contribution in [2.45, 2.75) is 139 Å². The minimum atomic E-state index is -0.274. The Kier molecular flexibility index (Phi) is 8.91. The lowest BCUT2D eigenvalue weighted by atomic mass is 9.33. The highest BCUT2D eigenvalue weighted by molar-refractivity contribution is 5.85. The maximum absolute atomic E-state index is 13.1. The molecule has 5 nitrogen and oxygen atoms in total. The SMILES string of the molecule is CC1(C)CC[C@]2(COC(=O)CCCC(=O)OCc3ccccc3)CC[C@]3(C)C(=CCC4[C@@]5(C)CCC(=O)C(C)(C)[C@@H]5CC[C@]43C)[C@@H]2C1. The second kappa shape index (κ2) is 12.2. The van der Waals surface area contributed by atoms with Crippen molar-refractivity contribution >= 4 is 17.7 Å². The monoisotopic (exact) mass is 644 g/mol. The molecule has 6 rings (SSSR count). The first-order chi connectivity index (χ1) is 22.1. The molecule has 1 unspecified atom stereocenters. The molecule has 258 valence electrons. The standard InChI is InChI=1S/C42H60O5/c1-37(2)22-24-42(28-47-36(45)15-11-14-35(44)46-27-29-12-9-8-10-13-29)25-23-40(6)30(31(42)26-37)16-17-33-39(5)20-19-34(43)38(3,4)32(39)18-21-41(33,40)7/h8-10,12-13,16,31-33H,11,14-15,17-28H2,1-7H3/t31-,32-,33?,39-,40+,41+,42+/m0/s1. The number of ether oxygens (including phenoxy) is 2. The molecule has 4 fully saturated rings. The quantitative estimate of drug-likeness (QED) is 0.208. The van der Waals surface area contributed by atoms with Crippen molar-refractivity contribution in [1.29, 1.82) is 0 Å². The molecule has 0 saturated heterocycles. The predicted octanol–water partition coefficient (Wildman–Crippen LogP) is 9.81. The van der Waals surface area contributed by atoms with E-state index < -0.39 is 0 Å². The number of Topliss-reactive ketones (excluding diaryl/α,β-unsaturated/α-hetero) is 1. The summed E-state index contributed by atoms with van der Waals surface area (Å²) >= 11 is 0. The lowest BCUT2D eigenvalue weighted by Crippen LogP contribution is -2.64. The van der Waals surface area contributed by atoms with Crippen molar-refractivity contribution in [3.05, 3.63) is 47.5 Å². The van der Waals surface area contributed by atoms with Gasteiger partial charge in [-0.25, -0.2) is 0 Å². The molecule has 0 aliphatic heterocycles. The minimum absolute atomic E-state index is 0.0192. The van der Waals surface area contributed by atoms with E-state index in [0.29, 0.717) is 36.6 Å². The molecular weight excluding hydrogens is 584 g/mol. The van der Waals surface area contributed by atoms with Gasteiger partial charge in [0.15, 0.2) is 0 Å². The van der Waals surface area contributed by atoms with Crippen LogP contribution in [0.2, 0.25) is 0 Å². The van der Waals surface area contributed by atoms with Crippen LogP contribution in [0.4, 0.5) is 0 Å². The van der Waals surface area contributed by atoms with Crippen LogP contribution in [-0.4, -0.2) is 24.3 Å². The Balaban J connectivity index is 1.15. The maximum Gasteiger partial charge on any atom is 0.306 e. The Morgan fingerprint density at radius 3 is 2.21 bits per heavy atom. The number of benzene rings is 1. The summed E-state index contributed by atoms with van der Waals surface area (Å²) in [6.45, 7) is 17.8. The number of allylic oxidation sites excluding steroid dienone is 2. The zero-order chi connectivity index (χ0) is 33.9. The van der Waals surface area contributed by atoms with Crippen molar-refractivity contribution in [2.24, 2.45) is 50.2 Å². The number of fused-ring (bicyclic) bond motifs is 7. The number of hydrogen-bond acceptors (Lipinski definition) is 5. The summed E-state index contributed by atoms with van der Waals surface area (Å²) in [5.74, 6) is 1.44. The smallest absolute Gasteiger partial charge is 0.306 e. The number of rotatable bonds is 8. The van der Waals surface area contributed by atoms with Crippen molar-refractivity contribution in [3.8, 4) is 0 Å². The van der Waals surface area contributed by atoms with Crippen LogP contribution in [0, 0.1) is 50.2 Å². The molecule has 0 bridgehead atoms. The number of esters is 2. The van der Waals surface area contributed by atoms with Crippen LogP contribution in [0.25, 0.3) is 0 Å². The van der Waals surface area contributed by atoms with Crippen LogP contribution >= 0.6 is 0 Å². The molecule has 4 saturated carbocycles. The molecule has 7 atom stereocenters. The van der Waals surface area contributed by atoms with Gasteiger partial charge >= 0.3 is 11.9 Å². The van der Waals surface area contributed by atoms with Crippen LogP contribution in [0.1, 0.15) is 138 Å². The molecule has 0 radical (unpaired) electrons. The average Bonchev–Trinajstić information content (AvgIpc) is 3.02. The van der Waals surface area contributed by atoms with Gasteiger partial charge in [-0.2, -0.15) is 0 Å². The normalized spacial score (nSPS) is 38.5. The Morgan fingerprint density at radius 2 is 1.49 bits per heavy atom. The maximum atomic E-state index is 13.1. The Labute approximate surface area is 284 Å².